The third kappa shape index (κ3) is 7.77. The summed E-state index contributed by atoms with van der Waals surface area (Å²) in [5.74, 6) is -0.938. The summed E-state index contributed by atoms with van der Waals surface area (Å²) in [6.07, 6.45) is 0.283. The van der Waals surface area contributed by atoms with Crippen LogP contribution < -0.4 is 9.62 Å². The summed E-state index contributed by atoms with van der Waals surface area (Å²) in [4.78, 5) is 29.0. The fraction of sp³-hybridized carbons (Fsp3) is 0.333. The number of hydrogen-bond donors (Lipinski definition) is 1. The van der Waals surface area contributed by atoms with Gasteiger partial charge in [0.2, 0.25) is 11.8 Å². The van der Waals surface area contributed by atoms with Crippen molar-refractivity contribution in [1.29, 1.82) is 0 Å². The summed E-state index contributed by atoms with van der Waals surface area (Å²) in [6, 6.07) is 18.9. The number of sulfonamides is 1. The van der Waals surface area contributed by atoms with Crippen LogP contribution in [0.2, 0.25) is 10.0 Å². The van der Waals surface area contributed by atoms with E-state index in [-0.39, 0.29) is 23.8 Å². The Bertz CT molecular complexity index is 1440. The third-order valence-corrected chi connectivity index (χ3v) is 8.67. The van der Waals surface area contributed by atoms with Gasteiger partial charge in [-0.25, -0.2) is 8.42 Å². The van der Waals surface area contributed by atoms with Crippen LogP contribution in [-0.4, -0.2) is 43.3 Å². The average Bonchev–Trinajstić information content (AvgIpc) is 2.88. The summed E-state index contributed by atoms with van der Waals surface area (Å²) in [5, 5.41) is 3.61. The second-order valence-corrected chi connectivity index (χ2v) is 13.2. The Kier molecular flexibility index (Phi) is 10.3. The number of carbonyl (C=O) groups excluding carboxylic acids is 2. The first-order valence-corrected chi connectivity index (χ1v) is 15.1. The van der Waals surface area contributed by atoms with Crippen LogP contribution in [0.4, 0.5) is 5.69 Å². The lowest BCUT2D eigenvalue weighted by Gasteiger charge is -2.35. The monoisotopic (exact) mass is 603 g/mol. The second kappa shape index (κ2) is 13.1. The van der Waals surface area contributed by atoms with Gasteiger partial charge in [0.15, 0.2) is 0 Å². The standard InChI is InChI=1S/C30H35Cl2N3O4S/c1-6-27(29(37)33-30(3,4)5)34(19-24-25(31)16-11-17-26(24)32)28(36)20-35(22-13-10-12-21(2)18-22)40(38,39)23-14-8-7-9-15-23/h7-18,27H,6,19-20H2,1-5H3,(H,33,37)/t27-/m0/s1. The highest BCUT2D eigenvalue weighted by molar-refractivity contribution is 7.92. The maximum atomic E-state index is 14.1. The molecule has 2 amide bonds. The molecule has 3 aromatic rings. The molecule has 0 aliphatic carbocycles. The van der Waals surface area contributed by atoms with Crippen LogP contribution in [-0.2, 0) is 26.2 Å². The molecule has 0 unspecified atom stereocenters. The summed E-state index contributed by atoms with van der Waals surface area (Å²) in [5.41, 5.74) is 1.08. The number of carbonyl (C=O) groups is 2. The van der Waals surface area contributed by atoms with Crippen LogP contribution in [0.15, 0.2) is 77.7 Å². The Balaban J connectivity index is 2.11. The SMILES string of the molecule is CC[C@@H](C(=O)NC(C)(C)C)N(Cc1c(Cl)cccc1Cl)C(=O)CN(c1cccc(C)c1)S(=O)(=O)c1ccccc1. The molecule has 7 nitrogen and oxygen atoms in total. The Morgan fingerprint density at radius 1 is 0.925 bits per heavy atom. The van der Waals surface area contributed by atoms with Gasteiger partial charge >= 0.3 is 0 Å². The smallest absolute Gasteiger partial charge is 0.264 e. The largest absolute Gasteiger partial charge is 0.350 e. The van der Waals surface area contributed by atoms with E-state index < -0.39 is 34.1 Å². The molecule has 0 aliphatic rings. The maximum Gasteiger partial charge on any atom is 0.264 e. The predicted molar refractivity (Wildman–Crippen MR) is 161 cm³/mol. The van der Waals surface area contributed by atoms with Crippen molar-refractivity contribution < 1.29 is 18.0 Å². The van der Waals surface area contributed by atoms with Crippen molar-refractivity contribution in [2.75, 3.05) is 10.8 Å². The van der Waals surface area contributed by atoms with Crippen LogP contribution in [0.1, 0.15) is 45.2 Å². The average molecular weight is 605 g/mol. The van der Waals surface area contributed by atoms with E-state index in [1.807, 2.05) is 33.8 Å². The van der Waals surface area contributed by atoms with Gasteiger partial charge in [0.25, 0.3) is 10.0 Å². The Hall–Kier alpha value is -3.07. The van der Waals surface area contributed by atoms with E-state index in [4.69, 9.17) is 23.2 Å². The Morgan fingerprint density at radius 3 is 2.08 bits per heavy atom. The van der Waals surface area contributed by atoms with Crippen LogP contribution in [0.25, 0.3) is 0 Å². The van der Waals surface area contributed by atoms with Crippen molar-refractivity contribution in [1.82, 2.24) is 10.2 Å². The second-order valence-electron chi connectivity index (χ2n) is 10.5. The number of rotatable bonds is 10. The normalized spacial score (nSPS) is 12.5. The summed E-state index contributed by atoms with van der Waals surface area (Å²) in [7, 11) is -4.14. The number of nitrogens with zero attached hydrogens (tertiary/aromatic N) is 2. The van der Waals surface area contributed by atoms with E-state index in [1.165, 1.54) is 17.0 Å². The molecular weight excluding hydrogens is 569 g/mol. The quantitative estimate of drug-likeness (QED) is 0.298. The summed E-state index contributed by atoms with van der Waals surface area (Å²) < 4.78 is 28.8. The molecule has 0 aliphatic heterocycles. The number of amides is 2. The van der Waals surface area contributed by atoms with Gasteiger partial charge in [0, 0.05) is 27.7 Å². The summed E-state index contributed by atoms with van der Waals surface area (Å²) in [6.45, 7) is 8.55. The molecule has 214 valence electrons. The van der Waals surface area contributed by atoms with E-state index in [0.29, 0.717) is 21.3 Å². The van der Waals surface area contributed by atoms with Gasteiger partial charge in [0.1, 0.15) is 12.6 Å². The van der Waals surface area contributed by atoms with Gasteiger partial charge in [-0.1, -0.05) is 66.5 Å². The first-order valence-electron chi connectivity index (χ1n) is 12.9. The lowest BCUT2D eigenvalue weighted by molar-refractivity contribution is -0.141. The van der Waals surface area contributed by atoms with Crippen molar-refractivity contribution in [3.05, 3.63) is 94.0 Å². The minimum absolute atomic E-state index is 0.0440. The van der Waals surface area contributed by atoms with Crippen molar-refractivity contribution >= 4 is 50.7 Å². The van der Waals surface area contributed by atoms with E-state index in [1.54, 1.807) is 61.5 Å². The molecule has 1 N–H and O–H groups in total. The molecule has 10 heteroatoms. The molecule has 3 aromatic carbocycles. The minimum Gasteiger partial charge on any atom is -0.350 e. The number of hydrogen-bond acceptors (Lipinski definition) is 4. The van der Waals surface area contributed by atoms with Crippen LogP contribution in [0, 0.1) is 6.92 Å². The van der Waals surface area contributed by atoms with E-state index >= 15 is 0 Å². The Labute approximate surface area is 247 Å². The zero-order chi connectivity index (χ0) is 29.7. The van der Waals surface area contributed by atoms with E-state index in [9.17, 15) is 18.0 Å². The molecule has 0 fully saturated rings. The van der Waals surface area contributed by atoms with Crippen LogP contribution in [0.5, 0.6) is 0 Å². The number of halogens is 2. The van der Waals surface area contributed by atoms with Crippen molar-refractivity contribution in [2.24, 2.45) is 0 Å². The van der Waals surface area contributed by atoms with E-state index in [0.717, 1.165) is 9.87 Å². The van der Waals surface area contributed by atoms with Gasteiger partial charge in [0.05, 0.1) is 10.6 Å². The predicted octanol–water partition coefficient (Wildman–Crippen LogP) is 6.22. The van der Waals surface area contributed by atoms with Gasteiger partial charge in [-0.15, -0.1) is 0 Å². The first-order chi connectivity index (χ1) is 18.7. The zero-order valence-electron chi connectivity index (χ0n) is 23.3. The number of aryl methyl sites for hydroxylation is 1. The molecule has 0 spiro atoms. The fourth-order valence-corrected chi connectivity index (χ4v) is 6.20. The van der Waals surface area contributed by atoms with Crippen molar-refractivity contribution in [2.45, 2.75) is 64.1 Å². The number of anilines is 1. The van der Waals surface area contributed by atoms with Gasteiger partial charge in [-0.3, -0.25) is 13.9 Å². The first kappa shape index (κ1) is 31.5. The number of nitrogens with one attached hydrogen (secondary N) is 1. The highest BCUT2D eigenvalue weighted by Crippen LogP contribution is 2.29. The van der Waals surface area contributed by atoms with E-state index in [2.05, 4.69) is 5.32 Å². The molecular formula is C30H35Cl2N3O4S. The van der Waals surface area contributed by atoms with Gasteiger partial charge < -0.3 is 10.2 Å². The highest BCUT2D eigenvalue weighted by atomic mass is 35.5. The zero-order valence-corrected chi connectivity index (χ0v) is 25.6. The van der Waals surface area contributed by atoms with Gasteiger partial charge in [-0.05, 0) is 76.1 Å². The molecule has 0 saturated carbocycles. The Morgan fingerprint density at radius 2 is 1.52 bits per heavy atom. The molecule has 0 saturated heterocycles. The van der Waals surface area contributed by atoms with Crippen LogP contribution >= 0.6 is 23.2 Å². The molecule has 0 aromatic heterocycles. The molecule has 0 heterocycles. The maximum absolute atomic E-state index is 14.1. The topological polar surface area (TPSA) is 86.8 Å². The van der Waals surface area contributed by atoms with Crippen molar-refractivity contribution in [3.8, 4) is 0 Å². The van der Waals surface area contributed by atoms with Gasteiger partial charge in [-0.2, -0.15) is 0 Å². The van der Waals surface area contributed by atoms with Crippen LogP contribution in [0.3, 0.4) is 0 Å². The molecule has 1 atom stereocenters. The lowest BCUT2D eigenvalue weighted by Crippen LogP contribution is -2.55. The molecule has 0 radical (unpaired) electrons. The highest BCUT2D eigenvalue weighted by Gasteiger charge is 2.35. The molecule has 0 bridgehead atoms. The fourth-order valence-electron chi connectivity index (χ4n) is 4.26. The molecule has 40 heavy (non-hydrogen) atoms. The summed E-state index contributed by atoms with van der Waals surface area (Å²) >= 11 is 12.9. The lowest BCUT2D eigenvalue weighted by atomic mass is 10.1. The minimum atomic E-state index is -4.14. The third-order valence-electron chi connectivity index (χ3n) is 6.17. The molecule has 3 rings (SSSR count). The number of benzene rings is 3. The van der Waals surface area contributed by atoms with Crippen molar-refractivity contribution in [3.63, 3.8) is 0 Å².